The summed E-state index contributed by atoms with van der Waals surface area (Å²) in [6, 6.07) is 15.0. The quantitative estimate of drug-likeness (QED) is 0.0709. The molecule has 2 atom stereocenters. The van der Waals surface area contributed by atoms with Crippen LogP contribution in [0.4, 0.5) is 18.9 Å². The van der Waals surface area contributed by atoms with Crippen LogP contribution in [0.1, 0.15) is 96.6 Å². The van der Waals surface area contributed by atoms with Crippen LogP contribution in [0, 0.1) is 17.8 Å². The van der Waals surface area contributed by atoms with Crippen molar-refractivity contribution in [2.45, 2.75) is 89.9 Å². The lowest BCUT2D eigenvalue weighted by Crippen LogP contribution is -2.47. The van der Waals surface area contributed by atoms with Gasteiger partial charge in [-0.15, -0.1) is 0 Å². The number of anilines is 1. The van der Waals surface area contributed by atoms with Gasteiger partial charge in [-0.25, -0.2) is 19.7 Å². The fourth-order valence-corrected chi connectivity index (χ4v) is 9.02. The van der Waals surface area contributed by atoms with Crippen LogP contribution < -0.4 is 15.4 Å². The van der Waals surface area contributed by atoms with Crippen molar-refractivity contribution in [3.8, 4) is 17.1 Å². The third-order valence-corrected chi connectivity index (χ3v) is 12.8. The molecule has 1 unspecified atom stereocenters. The van der Waals surface area contributed by atoms with E-state index in [-0.39, 0.29) is 35.5 Å². The molecule has 5 aromatic rings. The summed E-state index contributed by atoms with van der Waals surface area (Å²) < 4.78 is 46.2. The van der Waals surface area contributed by atoms with Crippen molar-refractivity contribution < 1.29 is 42.2 Å². The van der Waals surface area contributed by atoms with Crippen molar-refractivity contribution in [1.29, 1.82) is 0 Å². The number of halogens is 3. The first-order valence-corrected chi connectivity index (χ1v) is 22.3. The first-order valence-electron chi connectivity index (χ1n) is 22.3. The lowest BCUT2D eigenvalue weighted by Gasteiger charge is -2.35. The molecule has 1 fully saturated rings. The van der Waals surface area contributed by atoms with E-state index in [0.717, 1.165) is 47.8 Å². The van der Waals surface area contributed by atoms with Crippen LogP contribution in [0.5, 0.6) is 5.75 Å². The number of aromatic amines is 1. The van der Waals surface area contributed by atoms with Crippen LogP contribution in [-0.2, 0) is 39.9 Å². The molecule has 346 valence electrons. The van der Waals surface area contributed by atoms with Gasteiger partial charge in [0, 0.05) is 59.6 Å². The molecular formula is C50H54F3N7O6. The van der Waals surface area contributed by atoms with Gasteiger partial charge in [-0.05, 0) is 103 Å². The van der Waals surface area contributed by atoms with Gasteiger partial charge in [0.05, 0.1) is 25.4 Å². The monoisotopic (exact) mass is 905 g/mol. The number of H-pyrrole nitrogens is 1. The summed E-state index contributed by atoms with van der Waals surface area (Å²) in [6.45, 7) is 1.76. The number of imidazole rings is 1. The Kier molecular flexibility index (Phi) is 15.3. The maximum Gasteiger partial charge on any atom is 0.416 e. The number of rotatable bonds is 17. The van der Waals surface area contributed by atoms with Crippen LogP contribution in [0.15, 0.2) is 97.7 Å². The fraction of sp³-hybridized carbons (Fsp3) is 0.380. The van der Waals surface area contributed by atoms with Crippen molar-refractivity contribution in [3.63, 3.8) is 0 Å². The Morgan fingerprint density at radius 2 is 1.62 bits per heavy atom. The molecule has 2 aromatic heterocycles. The second-order valence-electron chi connectivity index (χ2n) is 17.2. The third kappa shape index (κ3) is 12.3. The van der Waals surface area contributed by atoms with Crippen molar-refractivity contribution in [1.82, 2.24) is 30.2 Å². The Balaban J connectivity index is 1.02. The van der Waals surface area contributed by atoms with Gasteiger partial charge < -0.3 is 30.4 Å². The Morgan fingerprint density at radius 3 is 2.23 bits per heavy atom. The molecule has 2 heterocycles. The topological polar surface area (TPSA) is 180 Å². The van der Waals surface area contributed by atoms with E-state index >= 15 is 0 Å². The number of hydrogen-bond donors (Lipinski definition) is 4. The summed E-state index contributed by atoms with van der Waals surface area (Å²) >= 11 is 0. The van der Waals surface area contributed by atoms with Gasteiger partial charge in [-0.2, -0.15) is 13.2 Å². The second-order valence-corrected chi connectivity index (χ2v) is 17.2. The van der Waals surface area contributed by atoms with Gasteiger partial charge >= 0.3 is 12.1 Å². The van der Waals surface area contributed by atoms with E-state index in [1.54, 1.807) is 12.1 Å². The average Bonchev–Trinajstić information content (AvgIpc) is 3.84. The van der Waals surface area contributed by atoms with Crippen molar-refractivity contribution in [3.05, 3.63) is 131 Å². The fourth-order valence-electron chi connectivity index (χ4n) is 9.02. The zero-order valence-corrected chi connectivity index (χ0v) is 36.9. The standard InChI is InChI=1S/C50H54F3N7O6/c1-3-31-4-8-33(9-5-31)34-12-14-35(15-13-34)39-25-55-47(56-26-39)36-10-6-32(7-11-36)28-60(29-46(62)59-44(49(64)65)23-41-27-54-30-57-41)48(63)37-16-19-40(20-17-37)58-45(61)22-38-18-21-42(66-2)24-43(38)50(51,52)53/h6-7,10-11,14,16-21,24-27,30-31,33-34,44H,3-5,8-9,12-13,15,22-23,28-29H2,1-2H3,(H,54,57)(H,58,61)(H,59,62)(H,64,65)/t31?,33?,34?,44-/m0/s1. The number of carboxylic acids is 1. The van der Waals surface area contributed by atoms with Gasteiger partial charge in [0.2, 0.25) is 11.8 Å². The molecule has 13 nitrogen and oxygen atoms in total. The molecule has 66 heavy (non-hydrogen) atoms. The SMILES string of the molecule is CCC1CCC(C2CC=C(c3cnc(-c4ccc(CN(CC(=O)N[C@@H](Cc5cnc[nH]5)C(=O)O)C(=O)c5ccc(NC(=O)Cc6ccc(OC)cc6C(F)(F)F)cc5)cc4)nc3)CC2)CC1. The predicted octanol–water partition coefficient (Wildman–Crippen LogP) is 8.93. The van der Waals surface area contributed by atoms with Crippen molar-refractivity contribution >= 4 is 35.0 Å². The van der Waals surface area contributed by atoms with Crippen LogP contribution >= 0.6 is 0 Å². The Bertz CT molecular complexity index is 2490. The molecule has 0 aliphatic heterocycles. The molecule has 0 radical (unpaired) electrons. The van der Waals surface area contributed by atoms with E-state index in [0.29, 0.717) is 17.1 Å². The second kappa shape index (κ2) is 21.4. The molecule has 16 heteroatoms. The zero-order chi connectivity index (χ0) is 46.8. The van der Waals surface area contributed by atoms with E-state index in [1.807, 2.05) is 24.5 Å². The normalized spacial score (nSPS) is 17.8. The maximum absolute atomic E-state index is 14.1. The molecular weight excluding hydrogens is 852 g/mol. The lowest BCUT2D eigenvalue weighted by molar-refractivity contribution is -0.142. The minimum absolute atomic E-state index is 0.000974. The van der Waals surface area contributed by atoms with Gasteiger partial charge in [0.1, 0.15) is 18.3 Å². The smallest absolute Gasteiger partial charge is 0.416 e. The number of hydrogen-bond acceptors (Lipinski definition) is 8. The Labute approximate surface area is 381 Å². The lowest BCUT2D eigenvalue weighted by atomic mass is 9.71. The van der Waals surface area contributed by atoms with E-state index in [1.165, 1.54) is 105 Å². The van der Waals surface area contributed by atoms with Gasteiger partial charge in [0.15, 0.2) is 5.82 Å². The van der Waals surface area contributed by atoms with E-state index in [2.05, 4.69) is 43.6 Å². The van der Waals surface area contributed by atoms with E-state index in [9.17, 15) is 37.5 Å². The van der Waals surface area contributed by atoms with Gasteiger partial charge in [-0.1, -0.05) is 62.6 Å². The first kappa shape index (κ1) is 47.1. The number of allylic oxidation sites excluding steroid dienone is 2. The molecule has 1 saturated carbocycles. The predicted molar refractivity (Wildman–Crippen MR) is 242 cm³/mol. The molecule has 2 aliphatic rings. The van der Waals surface area contributed by atoms with E-state index < -0.39 is 54.4 Å². The highest BCUT2D eigenvalue weighted by atomic mass is 19.4. The summed E-state index contributed by atoms with van der Waals surface area (Å²) in [4.78, 5) is 69.8. The highest BCUT2D eigenvalue weighted by molar-refractivity contribution is 5.98. The number of carbonyl (C=O) groups is 4. The number of nitrogens with one attached hydrogen (secondary N) is 3. The molecule has 7 rings (SSSR count). The number of amides is 3. The number of nitrogens with zero attached hydrogens (tertiary/aromatic N) is 4. The summed E-state index contributed by atoms with van der Waals surface area (Å²) in [5.41, 5.74) is 3.34. The van der Waals surface area contributed by atoms with Crippen molar-refractivity contribution in [2.24, 2.45) is 17.8 Å². The number of carbonyl (C=O) groups excluding carboxylic acids is 3. The number of aliphatic carboxylic acids is 1. The largest absolute Gasteiger partial charge is 0.497 e. The summed E-state index contributed by atoms with van der Waals surface area (Å²) in [5, 5.41) is 14.9. The van der Waals surface area contributed by atoms with Crippen molar-refractivity contribution in [2.75, 3.05) is 19.0 Å². The van der Waals surface area contributed by atoms with Crippen LogP contribution in [-0.4, -0.2) is 73.3 Å². The van der Waals surface area contributed by atoms with E-state index in [4.69, 9.17) is 4.74 Å². The molecule has 3 amide bonds. The summed E-state index contributed by atoms with van der Waals surface area (Å²) in [6.07, 6.45) is 13.6. The van der Waals surface area contributed by atoms with Crippen LogP contribution in [0.2, 0.25) is 0 Å². The number of ether oxygens (including phenoxy) is 1. The number of benzene rings is 3. The minimum atomic E-state index is -4.71. The third-order valence-electron chi connectivity index (χ3n) is 12.8. The zero-order valence-electron chi connectivity index (χ0n) is 36.9. The maximum atomic E-state index is 14.1. The highest BCUT2D eigenvalue weighted by Gasteiger charge is 2.34. The molecule has 2 aliphatic carbocycles. The Hall–Kier alpha value is -6.84. The number of methoxy groups -OCH3 is 1. The van der Waals surface area contributed by atoms with Gasteiger partial charge in [0.25, 0.3) is 5.91 Å². The number of carboxylic acid groups (broad SMARTS) is 1. The number of alkyl halides is 3. The molecule has 0 saturated heterocycles. The number of aromatic nitrogens is 4. The highest BCUT2D eigenvalue weighted by Crippen LogP contribution is 2.42. The molecule has 0 spiro atoms. The average molecular weight is 906 g/mol. The summed E-state index contributed by atoms with van der Waals surface area (Å²) in [5.74, 6) is -0.278. The molecule has 4 N–H and O–H groups in total. The Morgan fingerprint density at radius 1 is 0.894 bits per heavy atom. The first-order chi connectivity index (χ1) is 31.8. The molecule has 3 aromatic carbocycles. The molecule has 0 bridgehead atoms. The van der Waals surface area contributed by atoms with Crippen LogP contribution in [0.25, 0.3) is 17.0 Å². The van der Waals surface area contributed by atoms with Gasteiger partial charge in [-0.3, -0.25) is 14.4 Å². The minimum Gasteiger partial charge on any atom is -0.497 e. The van der Waals surface area contributed by atoms with Crippen LogP contribution in [0.3, 0.4) is 0 Å². The summed E-state index contributed by atoms with van der Waals surface area (Å²) in [7, 11) is 1.25.